The molecule has 1 atom stereocenters. The minimum atomic E-state index is -3.63. The van der Waals surface area contributed by atoms with Crippen LogP contribution in [0.3, 0.4) is 0 Å². The lowest BCUT2D eigenvalue weighted by Gasteiger charge is -2.13. The second-order valence-electron chi connectivity index (χ2n) is 6.69. The number of carbonyl (C=O) groups excluding carboxylic acids is 1. The first-order valence-electron chi connectivity index (χ1n) is 8.89. The summed E-state index contributed by atoms with van der Waals surface area (Å²) in [6.07, 6.45) is 0. The van der Waals surface area contributed by atoms with Gasteiger partial charge in [0.25, 0.3) is 0 Å². The number of nitrogens with one attached hydrogen (secondary N) is 1. The van der Waals surface area contributed by atoms with Gasteiger partial charge >= 0.3 is 0 Å². The molecule has 2 rings (SSSR count). The Morgan fingerprint density at radius 3 is 2.48 bits per heavy atom. The molecule has 1 N–H and O–H groups in total. The molecule has 6 nitrogen and oxygen atoms in total. The highest BCUT2D eigenvalue weighted by molar-refractivity contribution is 7.92. The molecule has 148 valence electrons. The molecule has 1 aromatic heterocycles. The highest BCUT2D eigenvalue weighted by atomic mass is 32.2. The standard InChI is InChI=1S/C19H26N2O4S2/c1-5-25-17-8-6-15(7-9-17)19-21-16(11-26-19)12-27(23,24)14(4)18(22)20-10-13(2)3/h6-9,11,13-14H,5,10,12H2,1-4H3,(H,20,22). The number of sulfone groups is 1. The van der Waals surface area contributed by atoms with Gasteiger partial charge in [-0.2, -0.15) is 0 Å². The SMILES string of the molecule is CCOc1ccc(-c2nc(CS(=O)(=O)C(C)C(=O)NCC(C)C)cs2)cc1. The molecule has 0 saturated heterocycles. The number of hydrogen-bond acceptors (Lipinski definition) is 6. The summed E-state index contributed by atoms with van der Waals surface area (Å²) in [6.45, 7) is 8.31. The van der Waals surface area contributed by atoms with E-state index in [4.69, 9.17) is 4.74 Å². The van der Waals surface area contributed by atoms with Crippen molar-refractivity contribution in [1.82, 2.24) is 10.3 Å². The summed E-state index contributed by atoms with van der Waals surface area (Å²) in [5.41, 5.74) is 1.35. The van der Waals surface area contributed by atoms with Crippen molar-refractivity contribution in [2.24, 2.45) is 5.92 Å². The molecule has 0 saturated carbocycles. The minimum absolute atomic E-state index is 0.253. The van der Waals surface area contributed by atoms with Gasteiger partial charge in [-0.15, -0.1) is 11.3 Å². The summed E-state index contributed by atoms with van der Waals surface area (Å²) < 4.78 is 30.5. The minimum Gasteiger partial charge on any atom is -0.494 e. The van der Waals surface area contributed by atoms with Gasteiger partial charge in [0, 0.05) is 17.5 Å². The van der Waals surface area contributed by atoms with Gasteiger partial charge in [0.1, 0.15) is 16.0 Å². The molecule has 27 heavy (non-hydrogen) atoms. The zero-order chi connectivity index (χ0) is 20.0. The Bertz CT molecular complexity index is 858. The number of nitrogens with zero attached hydrogens (tertiary/aromatic N) is 1. The van der Waals surface area contributed by atoms with Crippen molar-refractivity contribution < 1.29 is 17.9 Å². The van der Waals surface area contributed by atoms with Crippen LogP contribution in [0.1, 0.15) is 33.4 Å². The topological polar surface area (TPSA) is 85.4 Å². The summed E-state index contributed by atoms with van der Waals surface area (Å²) in [7, 11) is -3.63. The molecular formula is C19H26N2O4S2. The maximum Gasteiger partial charge on any atom is 0.238 e. The molecule has 0 radical (unpaired) electrons. The van der Waals surface area contributed by atoms with Gasteiger partial charge < -0.3 is 10.1 Å². The van der Waals surface area contributed by atoms with E-state index in [0.29, 0.717) is 18.8 Å². The number of amides is 1. The van der Waals surface area contributed by atoms with E-state index in [1.165, 1.54) is 18.3 Å². The fraction of sp³-hybridized carbons (Fsp3) is 0.474. The van der Waals surface area contributed by atoms with Gasteiger partial charge in [0.05, 0.1) is 18.1 Å². The second kappa shape index (κ2) is 9.32. The van der Waals surface area contributed by atoms with E-state index in [1.54, 1.807) is 5.38 Å². The molecule has 0 aliphatic rings. The number of rotatable bonds is 9. The Labute approximate surface area is 164 Å². The van der Waals surface area contributed by atoms with E-state index >= 15 is 0 Å². The molecule has 1 heterocycles. The first-order chi connectivity index (χ1) is 12.7. The number of thiazole rings is 1. The van der Waals surface area contributed by atoms with Crippen molar-refractivity contribution in [3.63, 3.8) is 0 Å². The van der Waals surface area contributed by atoms with E-state index in [2.05, 4.69) is 10.3 Å². The third-order valence-electron chi connectivity index (χ3n) is 3.91. The molecule has 1 aromatic carbocycles. The fourth-order valence-electron chi connectivity index (χ4n) is 2.31. The van der Waals surface area contributed by atoms with Gasteiger partial charge in [0.15, 0.2) is 9.84 Å². The molecule has 2 aromatic rings. The first kappa shape index (κ1) is 21.4. The van der Waals surface area contributed by atoms with Gasteiger partial charge in [-0.05, 0) is 44.0 Å². The number of carbonyl (C=O) groups is 1. The lowest BCUT2D eigenvalue weighted by Crippen LogP contribution is -2.39. The summed E-state index contributed by atoms with van der Waals surface area (Å²) >= 11 is 1.38. The third kappa shape index (κ3) is 6.04. The van der Waals surface area contributed by atoms with Crippen LogP contribution in [0.2, 0.25) is 0 Å². The second-order valence-corrected chi connectivity index (χ2v) is 9.87. The van der Waals surface area contributed by atoms with Crippen LogP contribution in [0.5, 0.6) is 5.75 Å². The van der Waals surface area contributed by atoms with Crippen molar-refractivity contribution >= 4 is 27.1 Å². The van der Waals surface area contributed by atoms with Crippen molar-refractivity contribution in [1.29, 1.82) is 0 Å². The molecule has 1 unspecified atom stereocenters. The quantitative estimate of drug-likeness (QED) is 0.686. The number of ether oxygens (including phenoxy) is 1. The van der Waals surface area contributed by atoms with Crippen LogP contribution in [0, 0.1) is 5.92 Å². The average molecular weight is 411 g/mol. The van der Waals surface area contributed by atoms with Gasteiger partial charge in [-0.3, -0.25) is 4.79 Å². The Morgan fingerprint density at radius 2 is 1.89 bits per heavy atom. The van der Waals surface area contributed by atoms with E-state index in [-0.39, 0.29) is 11.7 Å². The molecule has 8 heteroatoms. The van der Waals surface area contributed by atoms with E-state index in [0.717, 1.165) is 16.3 Å². The summed E-state index contributed by atoms with van der Waals surface area (Å²) in [5, 5.41) is 4.03. The van der Waals surface area contributed by atoms with Crippen LogP contribution in [0.15, 0.2) is 29.6 Å². The normalized spacial score (nSPS) is 12.8. The lowest BCUT2D eigenvalue weighted by atomic mass is 10.2. The smallest absolute Gasteiger partial charge is 0.238 e. The Morgan fingerprint density at radius 1 is 1.22 bits per heavy atom. The van der Waals surface area contributed by atoms with Gasteiger partial charge in [0.2, 0.25) is 5.91 Å². The van der Waals surface area contributed by atoms with Crippen LogP contribution in [-0.2, 0) is 20.4 Å². The van der Waals surface area contributed by atoms with Crippen molar-refractivity contribution in [3.8, 4) is 16.3 Å². The molecule has 0 spiro atoms. The predicted molar refractivity (Wildman–Crippen MR) is 109 cm³/mol. The largest absolute Gasteiger partial charge is 0.494 e. The Balaban J connectivity index is 2.06. The monoisotopic (exact) mass is 410 g/mol. The molecule has 0 bridgehead atoms. The van der Waals surface area contributed by atoms with E-state index in [1.807, 2.05) is 45.0 Å². The first-order valence-corrected chi connectivity index (χ1v) is 11.5. The molecule has 0 fully saturated rings. The maximum absolute atomic E-state index is 12.5. The van der Waals surface area contributed by atoms with E-state index in [9.17, 15) is 13.2 Å². The zero-order valence-corrected chi connectivity index (χ0v) is 17.7. The third-order valence-corrected chi connectivity index (χ3v) is 6.84. The highest BCUT2D eigenvalue weighted by Crippen LogP contribution is 2.27. The Hall–Kier alpha value is -1.93. The van der Waals surface area contributed by atoms with Crippen molar-refractivity contribution in [3.05, 3.63) is 35.3 Å². The lowest BCUT2D eigenvalue weighted by molar-refractivity contribution is -0.120. The molecule has 1 amide bonds. The average Bonchev–Trinajstić information content (AvgIpc) is 3.07. The van der Waals surface area contributed by atoms with Crippen LogP contribution < -0.4 is 10.1 Å². The summed E-state index contributed by atoms with van der Waals surface area (Å²) in [6, 6.07) is 7.50. The molecular weight excluding hydrogens is 384 g/mol. The fourth-order valence-corrected chi connectivity index (χ4v) is 4.46. The van der Waals surface area contributed by atoms with Gasteiger partial charge in [-0.1, -0.05) is 13.8 Å². The molecule has 0 aliphatic heterocycles. The van der Waals surface area contributed by atoms with Crippen molar-refractivity contribution in [2.45, 2.75) is 38.7 Å². The van der Waals surface area contributed by atoms with Crippen LogP contribution >= 0.6 is 11.3 Å². The van der Waals surface area contributed by atoms with Crippen molar-refractivity contribution in [2.75, 3.05) is 13.2 Å². The summed E-state index contributed by atoms with van der Waals surface area (Å²) in [5.74, 6) is 0.322. The number of aromatic nitrogens is 1. The van der Waals surface area contributed by atoms with E-state index < -0.39 is 21.0 Å². The van der Waals surface area contributed by atoms with Crippen LogP contribution in [0.25, 0.3) is 10.6 Å². The highest BCUT2D eigenvalue weighted by Gasteiger charge is 2.29. The maximum atomic E-state index is 12.5. The predicted octanol–water partition coefficient (Wildman–Crippen LogP) is 3.28. The zero-order valence-electron chi connectivity index (χ0n) is 16.1. The number of hydrogen-bond donors (Lipinski definition) is 1. The molecule has 0 aliphatic carbocycles. The Kier molecular flexibility index (Phi) is 7.38. The van der Waals surface area contributed by atoms with Crippen LogP contribution in [-0.4, -0.2) is 37.7 Å². The van der Waals surface area contributed by atoms with Gasteiger partial charge in [-0.25, -0.2) is 13.4 Å². The summed E-state index contributed by atoms with van der Waals surface area (Å²) in [4.78, 5) is 16.5. The number of benzene rings is 1. The van der Waals surface area contributed by atoms with Crippen LogP contribution in [0.4, 0.5) is 0 Å².